The first-order valence-electron chi connectivity index (χ1n) is 8.42. The SMILES string of the molecule is O=C(c1cc(-c2ccccc2)on1)N1CC(Oc2cccc(C(F)(F)F)n2)C1. The Morgan fingerprint density at radius 2 is 1.86 bits per heavy atom. The number of rotatable bonds is 4. The lowest BCUT2D eigenvalue weighted by Crippen LogP contribution is -2.56. The highest BCUT2D eigenvalue weighted by Gasteiger charge is 2.36. The van der Waals surface area contributed by atoms with Crippen LogP contribution in [0.4, 0.5) is 13.2 Å². The molecule has 0 unspecified atom stereocenters. The molecule has 1 aliphatic rings. The van der Waals surface area contributed by atoms with Crippen molar-refractivity contribution in [1.29, 1.82) is 0 Å². The highest BCUT2D eigenvalue weighted by molar-refractivity contribution is 5.93. The fourth-order valence-electron chi connectivity index (χ4n) is 2.76. The number of hydrogen-bond acceptors (Lipinski definition) is 5. The van der Waals surface area contributed by atoms with E-state index in [9.17, 15) is 18.0 Å². The molecule has 0 aliphatic carbocycles. The number of benzene rings is 1. The Balaban J connectivity index is 1.36. The molecular weight excluding hydrogens is 375 g/mol. The van der Waals surface area contributed by atoms with Crippen LogP contribution in [0.5, 0.6) is 5.88 Å². The summed E-state index contributed by atoms with van der Waals surface area (Å²) in [4.78, 5) is 17.4. The zero-order valence-electron chi connectivity index (χ0n) is 14.4. The molecule has 1 aliphatic heterocycles. The van der Waals surface area contributed by atoms with Crippen LogP contribution >= 0.6 is 0 Å². The van der Waals surface area contributed by atoms with E-state index in [0.29, 0.717) is 5.76 Å². The summed E-state index contributed by atoms with van der Waals surface area (Å²) in [5.74, 6) is 0.0212. The van der Waals surface area contributed by atoms with Gasteiger partial charge in [0, 0.05) is 17.7 Å². The molecule has 1 fully saturated rings. The fourth-order valence-corrected chi connectivity index (χ4v) is 2.76. The smallest absolute Gasteiger partial charge is 0.433 e. The lowest BCUT2D eigenvalue weighted by Gasteiger charge is -2.38. The first-order chi connectivity index (χ1) is 13.4. The minimum absolute atomic E-state index is 0.125. The average molecular weight is 389 g/mol. The number of aromatic nitrogens is 2. The predicted molar refractivity (Wildman–Crippen MR) is 91.5 cm³/mol. The number of amides is 1. The molecule has 3 aromatic rings. The Labute approximate surface area is 157 Å². The molecule has 0 saturated carbocycles. The number of carbonyl (C=O) groups is 1. The lowest BCUT2D eigenvalue weighted by atomic mass is 10.1. The summed E-state index contributed by atoms with van der Waals surface area (Å²) in [5.41, 5.74) is -0.0581. The van der Waals surface area contributed by atoms with Gasteiger partial charge in [-0.05, 0) is 6.07 Å². The molecule has 9 heteroatoms. The van der Waals surface area contributed by atoms with Gasteiger partial charge in [0.05, 0.1) is 13.1 Å². The van der Waals surface area contributed by atoms with Gasteiger partial charge >= 0.3 is 6.18 Å². The van der Waals surface area contributed by atoms with Gasteiger partial charge in [0.15, 0.2) is 11.5 Å². The summed E-state index contributed by atoms with van der Waals surface area (Å²) in [5, 5.41) is 3.80. The number of likely N-dealkylation sites (tertiary alicyclic amines) is 1. The van der Waals surface area contributed by atoms with Gasteiger partial charge in [-0.3, -0.25) is 4.79 Å². The Kier molecular flexibility index (Phi) is 4.50. The molecule has 144 valence electrons. The van der Waals surface area contributed by atoms with E-state index in [2.05, 4.69) is 10.1 Å². The zero-order chi connectivity index (χ0) is 19.7. The van der Waals surface area contributed by atoms with E-state index in [0.717, 1.165) is 11.6 Å². The van der Waals surface area contributed by atoms with Crippen molar-refractivity contribution < 1.29 is 27.2 Å². The molecule has 28 heavy (non-hydrogen) atoms. The van der Waals surface area contributed by atoms with Crippen LogP contribution in [0.25, 0.3) is 11.3 Å². The van der Waals surface area contributed by atoms with Gasteiger partial charge in [0.2, 0.25) is 5.88 Å². The molecule has 4 rings (SSSR count). The molecule has 0 spiro atoms. The number of hydrogen-bond donors (Lipinski definition) is 0. The van der Waals surface area contributed by atoms with Crippen LogP contribution < -0.4 is 4.74 Å². The zero-order valence-corrected chi connectivity index (χ0v) is 14.4. The van der Waals surface area contributed by atoms with E-state index in [-0.39, 0.29) is 30.6 Å². The number of nitrogens with zero attached hydrogens (tertiary/aromatic N) is 3. The molecule has 0 radical (unpaired) electrons. The molecule has 6 nitrogen and oxygen atoms in total. The Morgan fingerprint density at radius 3 is 2.57 bits per heavy atom. The van der Waals surface area contributed by atoms with Crippen LogP contribution in [-0.4, -0.2) is 40.1 Å². The van der Waals surface area contributed by atoms with Gasteiger partial charge in [0.25, 0.3) is 5.91 Å². The summed E-state index contributed by atoms with van der Waals surface area (Å²) < 4.78 is 48.7. The number of carbonyl (C=O) groups excluding carboxylic acids is 1. The molecule has 1 saturated heterocycles. The van der Waals surface area contributed by atoms with Crippen molar-refractivity contribution in [2.75, 3.05) is 13.1 Å². The summed E-state index contributed by atoms with van der Waals surface area (Å²) in [6.45, 7) is 0.453. The maximum Gasteiger partial charge on any atom is 0.433 e. The van der Waals surface area contributed by atoms with E-state index in [1.165, 1.54) is 17.0 Å². The normalized spacial score (nSPS) is 14.6. The second-order valence-corrected chi connectivity index (χ2v) is 6.25. The maximum absolute atomic E-state index is 12.7. The highest BCUT2D eigenvalue weighted by atomic mass is 19.4. The number of alkyl halides is 3. The Hall–Kier alpha value is -3.36. The molecule has 2 aromatic heterocycles. The van der Waals surface area contributed by atoms with Crippen molar-refractivity contribution >= 4 is 5.91 Å². The molecule has 0 bridgehead atoms. The van der Waals surface area contributed by atoms with Crippen molar-refractivity contribution in [2.24, 2.45) is 0 Å². The second kappa shape index (κ2) is 6.99. The molecule has 3 heterocycles. The molecular formula is C19H14F3N3O3. The van der Waals surface area contributed by atoms with Crippen LogP contribution in [0.2, 0.25) is 0 Å². The minimum atomic E-state index is -4.54. The van der Waals surface area contributed by atoms with Gasteiger partial charge in [-0.2, -0.15) is 13.2 Å². The third-order valence-corrected chi connectivity index (χ3v) is 4.22. The molecule has 0 N–H and O–H groups in total. The lowest BCUT2D eigenvalue weighted by molar-refractivity contribution is -0.141. The van der Waals surface area contributed by atoms with Gasteiger partial charge in [-0.1, -0.05) is 41.6 Å². The number of ether oxygens (including phenoxy) is 1. The minimum Gasteiger partial charge on any atom is -0.471 e. The summed E-state index contributed by atoms with van der Waals surface area (Å²) in [6.07, 6.45) is -4.97. The average Bonchev–Trinajstić information content (AvgIpc) is 3.14. The first kappa shape index (κ1) is 18.0. The summed E-state index contributed by atoms with van der Waals surface area (Å²) in [6, 6.07) is 14.2. The molecule has 1 amide bonds. The van der Waals surface area contributed by atoms with E-state index < -0.39 is 18.0 Å². The van der Waals surface area contributed by atoms with E-state index in [1.807, 2.05) is 30.3 Å². The Bertz CT molecular complexity index is 983. The van der Waals surface area contributed by atoms with Crippen molar-refractivity contribution in [3.8, 4) is 17.2 Å². The van der Waals surface area contributed by atoms with Crippen molar-refractivity contribution in [3.05, 3.63) is 66.0 Å². The summed E-state index contributed by atoms with van der Waals surface area (Å²) >= 11 is 0. The van der Waals surface area contributed by atoms with Crippen LogP contribution in [0.3, 0.4) is 0 Å². The molecule has 1 aromatic carbocycles. The fraction of sp³-hybridized carbons (Fsp3) is 0.211. The quantitative estimate of drug-likeness (QED) is 0.681. The Morgan fingerprint density at radius 1 is 1.11 bits per heavy atom. The number of halogens is 3. The molecule has 0 atom stereocenters. The third kappa shape index (κ3) is 3.68. The van der Waals surface area contributed by atoms with Crippen LogP contribution in [-0.2, 0) is 6.18 Å². The topological polar surface area (TPSA) is 68.5 Å². The van der Waals surface area contributed by atoms with Gasteiger partial charge in [-0.15, -0.1) is 0 Å². The maximum atomic E-state index is 12.7. The largest absolute Gasteiger partial charge is 0.471 e. The van der Waals surface area contributed by atoms with Crippen molar-refractivity contribution in [1.82, 2.24) is 15.0 Å². The third-order valence-electron chi connectivity index (χ3n) is 4.22. The first-order valence-corrected chi connectivity index (χ1v) is 8.42. The van der Waals surface area contributed by atoms with Crippen LogP contribution in [0.15, 0.2) is 59.1 Å². The van der Waals surface area contributed by atoms with E-state index in [4.69, 9.17) is 9.26 Å². The summed E-state index contributed by atoms with van der Waals surface area (Å²) in [7, 11) is 0. The van der Waals surface area contributed by atoms with Crippen LogP contribution in [0.1, 0.15) is 16.2 Å². The van der Waals surface area contributed by atoms with Crippen molar-refractivity contribution in [2.45, 2.75) is 12.3 Å². The number of pyridine rings is 1. The van der Waals surface area contributed by atoms with E-state index in [1.54, 1.807) is 6.07 Å². The standard InChI is InChI=1S/C19H14F3N3O3/c20-19(21,22)16-7-4-8-17(23-16)27-13-10-25(11-13)18(26)14-9-15(28-24-14)12-5-2-1-3-6-12/h1-9,13H,10-11H2. The monoisotopic (exact) mass is 389 g/mol. The van der Waals surface area contributed by atoms with Crippen molar-refractivity contribution in [3.63, 3.8) is 0 Å². The second-order valence-electron chi connectivity index (χ2n) is 6.25. The van der Waals surface area contributed by atoms with Gasteiger partial charge in [-0.25, -0.2) is 4.98 Å². The van der Waals surface area contributed by atoms with E-state index >= 15 is 0 Å². The predicted octanol–water partition coefficient (Wildman–Crippen LogP) is 3.66. The van der Waals surface area contributed by atoms with Crippen LogP contribution in [0, 0.1) is 0 Å². The van der Waals surface area contributed by atoms with Gasteiger partial charge in [0.1, 0.15) is 11.8 Å². The highest BCUT2D eigenvalue weighted by Crippen LogP contribution is 2.29. The van der Waals surface area contributed by atoms with Gasteiger partial charge < -0.3 is 14.2 Å².